The molecule has 0 spiro atoms. The standard InChI is InChI=1S/C19H20ClNO3S/c1-3-25-17-10-5-4-9-16(17)19(23)24-12-18(22)21-13(2)14-7-6-8-15(20)11-14/h4-11,13H,3,12H2,1-2H3,(H,21,22)/t13-/m0/s1. The lowest BCUT2D eigenvalue weighted by molar-refractivity contribution is -0.124. The highest BCUT2D eigenvalue weighted by Crippen LogP contribution is 2.23. The number of amides is 1. The molecule has 0 bridgehead atoms. The minimum Gasteiger partial charge on any atom is -0.452 e. The van der Waals surface area contributed by atoms with Gasteiger partial charge in [-0.25, -0.2) is 4.79 Å². The highest BCUT2D eigenvalue weighted by molar-refractivity contribution is 7.99. The Hall–Kier alpha value is -1.98. The largest absolute Gasteiger partial charge is 0.452 e. The van der Waals surface area contributed by atoms with Crippen molar-refractivity contribution < 1.29 is 14.3 Å². The average Bonchev–Trinajstić information content (AvgIpc) is 2.60. The molecule has 1 N–H and O–H groups in total. The number of nitrogens with one attached hydrogen (secondary N) is 1. The number of benzene rings is 2. The van der Waals surface area contributed by atoms with Crippen LogP contribution >= 0.6 is 23.4 Å². The summed E-state index contributed by atoms with van der Waals surface area (Å²) in [4.78, 5) is 25.1. The minimum atomic E-state index is -0.498. The Morgan fingerprint density at radius 1 is 1.20 bits per heavy atom. The number of carbonyl (C=O) groups is 2. The predicted octanol–water partition coefficient (Wildman–Crippen LogP) is 4.49. The van der Waals surface area contributed by atoms with Crippen LogP contribution in [-0.2, 0) is 9.53 Å². The molecule has 0 radical (unpaired) electrons. The molecule has 2 rings (SSSR count). The molecule has 0 aliphatic rings. The fourth-order valence-corrected chi connectivity index (χ4v) is 3.26. The van der Waals surface area contributed by atoms with Crippen LogP contribution in [0.5, 0.6) is 0 Å². The summed E-state index contributed by atoms with van der Waals surface area (Å²) >= 11 is 7.51. The minimum absolute atomic E-state index is 0.229. The summed E-state index contributed by atoms with van der Waals surface area (Å²) in [6.07, 6.45) is 0. The van der Waals surface area contributed by atoms with Gasteiger partial charge in [0.1, 0.15) is 0 Å². The van der Waals surface area contributed by atoms with E-state index in [4.69, 9.17) is 16.3 Å². The SMILES string of the molecule is CCSc1ccccc1C(=O)OCC(=O)N[C@@H](C)c1cccc(Cl)c1. The summed E-state index contributed by atoms with van der Waals surface area (Å²) in [5.74, 6) is -0.00868. The molecule has 6 heteroatoms. The lowest BCUT2D eigenvalue weighted by atomic mass is 10.1. The molecule has 0 aliphatic heterocycles. The van der Waals surface area contributed by atoms with Crippen molar-refractivity contribution in [3.8, 4) is 0 Å². The average molecular weight is 378 g/mol. The molecule has 0 saturated carbocycles. The second-order valence-electron chi connectivity index (χ2n) is 5.35. The number of thioether (sulfide) groups is 1. The topological polar surface area (TPSA) is 55.4 Å². The molecule has 2 aromatic carbocycles. The predicted molar refractivity (Wildman–Crippen MR) is 101 cm³/mol. The highest BCUT2D eigenvalue weighted by atomic mass is 35.5. The van der Waals surface area contributed by atoms with E-state index in [1.165, 1.54) is 0 Å². The van der Waals surface area contributed by atoms with Crippen molar-refractivity contribution in [3.05, 3.63) is 64.7 Å². The maximum Gasteiger partial charge on any atom is 0.339 e. The van der Waals surface area contributed by atoms with E-state index in [1.54, 1.807) is 36.0 Å². The van der Waals surface area contributed by atoms with Crippen LogP contribution in [0.3, 0.4) is 0 Å². The molecule has 0 saturated heterocycles. The third kappa shape index (κ3) is 5.80. The van der Waals surface area contributed by atoms with Crippen molar-refractivity contribution >= 4 is 35.2 Å². The Labute approximate surface area is 156 Å². The third-order valence-corrected chi connectivity index (χ3v) is 4.66. The van der Waals surface area contributed by atoms with Gasteiger partial charge in [0, 0.05) is 9.92 Å². The summed E-state index contributed by atoms with van der Waals surface area (Å²) in [6, 6.07) is 14.2. The van der Waals surface area contributed by atoms with E-state index in [1.807, 2.05) is 38.1 Å². The Morgan fingerprint density at radius 3 is 2.68 bits per heavy atom. The first-order chi connectivity index (χ1) is 12.0. The molecule has 4 nitrogen and oxygen atoms in total. The van der Waals surface area contributed by atoms with Crippen LogP contribution in [0, 0.1) is 0 Å². The molecular formula is C19H20ClNO3S. The van der Waals surface area contributed by atoms with Crippen molar-refractivity contribution in [2.45, 2.75) is 24.8 Å². The number of esters is 1. The first kappa shape index (κ1) is 19.3. The van der Waals surface area contributed by atoms with Crippen molar-refractivity contribution in [2.75, 3.05) is 12.4 Å². The Kier molecular flexibility index (Phi) is 7.34. The van der Waals surface area contributed by atoms with E-state index >= 15 is 0 Å². The molecule has 2 aromatic rings. The van der Waals surface area contributed by atoms with Gasteiger partial charge in [-0.15, -0.1) is 11.8 Å². The molecule has 0 aliphatic carbocycles. The quantitative estimate of drug-likeness (QED) is 0.570. The summed E-state index contributed by atoms with van der Waals surface area (Å²) < 4.78 is 5.15. The Balaban J connectivity index is 1.90. The fraction of sp³-hybridized carbons (Fsp3) is 0.263. The first-order valence-electron chi connectivity index (χ1n) is 7.95. The maximum atomic E-state index is 12.2. The number of carbonyl (C=O) groups excluding carboxylic acids is 2. The maximum absolute atomic E-state index is 12.2. The molecule has 0 aromatic heterocycles. The van der Waals surface area contributed by atoms with Crippen molar-refractivity contribution in [1.82, 2.24) is 5.32 Å². The number of hydrogen-bond donors (Lipinski definition) is 1. The molecule has 25 heavy (non-hydrogen) atoms. The van der Waals surface area contributed by atoms with E-state index < -0.39 is 5.97 Å². The van der Waals surface area contributed by atoms with Crippen molar-refractivity contribution in [1.29, 1.82) is 0 Å². The van der Waals surface area contributed by atoms with Crippen LogP contribution in [0.4, 0.5) is 0 Å². The monoisotopic (exact) mass is 377 g/mol. The van der Waals surface area contributed by atoms with E-state index in [2.05, 4.69) is 5.32 Å². The number of ether oxygens (including phenoxy) is 1. The van der Waals surface area contributed by atoms with Gasteiger partial charge in [0.2, 0.25) is 0 Å². The van der Waals surface area contributed by atoms with E-state index in [9.17, 15) is 9.59 Å². The Bertz CT molecular complexity index is 751. The lowest BCUT2D eigenvalue weighted by Gasteiger charge is -2.15. The van der Waals surface area contributed by atoms with Gasteiger partial charge in [-0.1, -0.05) is 42.8 Å². The van der Waals surface area contributed by atoms with Crippen molar-refractivity contribution in [3.63, 3.8) is 0 Å². The van der Waals surface area contributed by atoms with Gasteiger partial charge >= 0.3 is 5.97 Å². The van der Waals surface area contributed by atoms with Gasteiger partial charge in [-0.2, -0.15) is 0 Å². The number of rotatable bonds is 7. The van der Waals surface area contributed by atoms with Crippen LogP contribution in [0.15, 0.2) is 53.4 Å². The van der Waals surface area contributed by atoms with Crippen LogP contribution in [0.2, 0.25) is 5.02 Å². The normalized spacial score (nSPS) is 11.6. The summed E-state index contributed by atoms with van der Waals surface area (Å²) in [6.45, 7) is 3.53. The lowest BCUT2D eigenvalue weighted by Crippen LogP contribution is -2.31. The summed E-state index contributed by atoms with van der Waals surface area (Å²) in [7, 11) is 0. The van der Waals surface area contributed by atoms with Gasteiger partial charge in [0.05, 0.1) is 11.6 Å². The molecule has 1 amide bonds. The van der Waals surface area contributed by atoms with Gasteiger partial charge in [0.15, 0.2) is 6.61 Å². The van der Waals surface area contributed by atoms with Gasteiger partial charge in [-0.3, -0.25) is 4.79 Å². The molecular weight excluding hydrogens is 358 g/mol. The Morgan fingerprint density at radius 2 is 1.96 bits per heavy atom. The molecule has 0 unspecified atom stereocenters. The first-order valence-corrected chi connectivity index (χ1v) is 9.31. The van der Waals surface area contributed by atoms with E-state index in [-0.39, 0.29) is 18.6 Å². The number of hydrogen-bond acceptors (Lipinski definition) is 4. The zero-order valence-electron chi connectivity index (χ0n) is 14.1. The van der Waals surface area contributed by atoms with Crippen LogP contribution < -0.4 is 5.32 Å². The molecule has 0 fully saturated rings. The van der Waals surface area contributed by atoms with Crippen molar-refractivity contribution in [2.24, 2.45) is 0 Å². The number of halogens is 1. The second kappa shape index (κ2) is 9.49. The molecule has 132 valence electrons. The van der Waals surface area contributed by atoms with Crippen LogP contribution in [0.1, 0.15) is 35.8 Å². The summed E-state index contributed by atoms with van der Waals surface area (Å²) in [5.41, 5.74) is 1.36. The van der Waals surface area contributed by atoms with Gasteiger partial charge in [-0.05, 0) is 42.5 Å². The van der Waals surface area contributed by atoms with E-state index in [0.29, 0.717) is 10.6 Å². The van der Waals surface area contributed by atoms with Gasteiger partial charge in [0.25, 0.3) is 5.91 Å². The third-order valence-electron chi connectivity index (χ3n) is 3.47. The summed E-state index contributed by atoms with van der Waals surface area (Å²) in [5, 5.41) is 3.40. The van der Waals surface area contributed by atoms with Gasteiger partial charge < -0.3 is 10.1 Å². The van der Waals surface area contributed by atoms with E-state index in [0.717, 1.165) is 16.2 Å². The zero-order valence-corrected chi connectivity index (χ0v) is 15.7. The zero-order chi connectivity index (χ0) is 18.2. The van der Waals surface area contributed by atoms with Crippen LogP contribution in [0.25, 0.3) is 0 Å². The second-order valence-corrected chi connectivity index (χ2v) is 7.09. The smallest absolute Gasteiger partial charge is 0.339 e. The molecule has 1 atom stereocenters. The van der Waals surface area contributed by atoms with Crippen LogP contribution in [-0.4, -0.2) is 24.2 Å². The molecule has 0 heterocycles. The highest BCUT2D eigenvalue weighted by Gasteiger charge is 2.15. The fourth-order valence-electron chi connectivity index (χ4n) is 2.27.